The Labute approximate surface area is 143 Å². The van der Waals surface area contributed by atoms with Crippen LogP contribution in [0.15, 0.2) is 59.7 Å². The first-order valence-electron chi connectivity index (χ1n) is 7.29. The van der Waals surface area contributed by atoms with Gasteiger partial charge in [0.05, 0.1) is 6.21 Å². The van der Waals surface area contributed by atoms with Gasteiger partial charge in [-0.3, -0.25) is 4.79 Å². The van der Waals surface area contributed by atoms with Gasteiger partial charge in [0.2, 0.25) is 0 Å². The number of rotatable bonds is 4. The largest absolute Gasteiger partial charge is 0.507 e. The van der Waals surface area contributed by atoms with Crippen LogP contribution in [0.2, 0.25) is 0 Å². The van der Waals surface area contributed by atoms with Crippen LogP contribution in [0.5, 0.6) is 5.75 Å². The lowest BCUT2D eigenvalue weighted by atomic mass is 10.2. The molecule has 0 aliphatic rings. The zero-order valence-corrected chi connectivity index (χ0v) is 13.7. The number of phenols is 1. The molecule has 0 aliphatic carbocycles. The van der Waals surface area contributed by atoms with Gasteiger partial charge in [-0.2, -0.15) is 5.10 Å². The average Bonchev–Trinajstić information content (AvgIpc) is 2.99. The van der Waals surface area contributed by atoms with Gasteiger partial charge in [0.25, 0.3) is 5.91 Å². The Bertz CT molecular complexity index is 888. The molecule has 120 valence electrons. The number of carbonyl (C=O) groups excluding carboxylic acids is 1. The van der Waals surface area contributed by atoms with E-state index in [0.717, 1.165) is 15.4 Å². The van der Waals surface area contributed by atoms with E-state index in [1.807, 2.05) is 37.3 Å². The summed E-state index contributed by atoms with van der Waals surface area (Å²) in [6.07, 6.45) is 1.40. The van der Waals surface area contributed by atoms with Crippen molar-refractivity contribution in [3.63, 3.8) is 0 Å². The third-order valence-electron chi connectivity index (χ3n) is 3.34. The monoisotopic (exact) mass is 337 g/mol. The summed E-state index contributed by atoms with van der Waals surface area (Å²) in [5.41, 5.74) is 4.30. The van der Waals surface area contributed by atoms with Gasteiger partial charge in [-0.25, -0.2) is 10.4 Å². The summed E-state index contributed by atoms with van der Waals surface area (Å²) in [5.74, 6) is -0.274. The van der Waals surface area contributed by atoms with Gasteiger partial charge in [-0.15, -0.1) is 11.3 Å². The van der Waals surface area contributed by atoms with Crippen molar-refractivity contribution >= 4 is 23.5 Å². The van der Waals surface area contributed by atoms with E-state index in [2.05, 4.69) is 15.5 Å². The summed E-state index contributed by atoms with van der Waals surface area (Å²) in [6, 6.07) is 16.5. The summed E-state index contributed by atoms with van der Waals surface area (Å²) in [6.45, 7) is 1.85. The molecule has 0 saturated heterocycles. The Morgan fingerprint density at radius 3 is 2.62 bits per heavy atom. The molecule has 0 atom stereocenters. The highest BCUT2D eigenvalue weighted by molar-refractivity contribution is 7.15. The summed E-state index contributed by atoms with van der Waals surface area (Å²) in [4.78, 5) is 17.5. The zero-order chi connectivity index (χ0) is 16.9. The number of benzene rings is 2. The van der Waals surface area contributed by atoms with Crippen LogP contribution in [0, 0.1) is 6.92 Å². The van der Waals surface area contributed by atoms with Gasteiger partial charge in [-0.1, -0.05) is 42.5 Å². The number of nitrogens with one attached hydrogen (secondary N) is 1. The van der Waals surface area contributed by atoms with E-state index in [-0.39, 0.29) is 11.7 Å². The van der Waals surface area contributed by atoms with Crippen molar-refractivity contribution in [2.24, 2.45) is 5.10 Å². The van der Waals surface area contributed by atoms with E-state index in [4.69, 9.17) is 0 Å². The number of aryl methyl sites for hydroxylation is 1. The molecule has 0 unspecified atom stereocenters. The number of aromatic hydroxyl groups is 1. The molecular formula is C18H15N3O2S. The smallest absolute Gasteiger partial charge is 0.291 e. The predicted octanol–water partition coefficient (Wildman–Crippen LogP) is 3.59. The van der Waals surface area contributed by atoms with E-state index >= 15 is 0 Å². The highest BCUT2D eigenvalue weighted by atomic mass is 32.1. The normalized spacial score (nSPS) is 10.9. The van der Waals surface area contributed by atoms with Gasteiger partial charge < -0.3 is 5.11 Å². The van der Waals surface area contributed by atoms with Crippen LogP contribution in [0.4, 0.5) is 0 Å². The maximum Gasteiger partial charge on any atom is 0.291 e. The highest BCUT2D eigenvalue weighted by Gasteiger charge is 2.15. The summed E-state index contributed by atoms with van der Waals surface area (Å²) >= 11 is 1.46. The second-order valence-electron chi connectivity index (χ2n) is 5.05. The Balaban J connectivity index is 1.74. The van der Waals surface area contributed by atoms with Gasteiger partial charge in [0.15, 0.2) is 0 Å². The minimum absolute atomic E-state index is 0.103. The van der Waals surface area contributed by atoms with E-state index < -0.39 is 0 Å². The van der Waals surface area contributed by atoms with Crippen LogP contribution >= 0.6 is 11.3 Å². The number of aromatic nitrogens is 1. The fraction of sp³-hybridized carbons (Fsp3) is 0.0556. The number of nitrogens with zero attached hydrogens (tertiary/aromatic N) is 2. The number of hydrogen-bond acceptors (Lipinski definition) is 5. The maximum atomic E-state index is 12.2. The van der Waals surface area contributed by atoms with E-state index in [9.17, 15) is 9.90 Å². The number of carbonyl (C=O) groups is 1. The first-order valence-corrected chi connectivity index (χ1v) is 8.11. The van der Waals surface area contributed by atoms with Crippen LogP contribution < -0.4 is 5.43 Å². The molecule has 0 fully saturated rings. The van der Waals surface area contributed by atoms with Crippen LogP contribution in [-0.2, 0) is 0 Å². The van der Waals surface area contributed by atoms with Crippen molar-refractivity contribution in [1.82, 2.24) is 10.4 Å². The molecule has 1 amide bonds. The minimum Gasteiger partial charge on any atom is -0.507 e. The molecule has 0 saturated carbocycles. The molecule has 24 heavy (non-hydrogen) atoms. The van der Waals surface area contributed by atoms with Gasteiger partial charge in [0.1, 0.15) is 16.5 Å². The molecular weight excluding hydrogens is 322 g/mol. The van der Waals surface area contributed by atoms with Crippen LogP contribution in [0.1, 0.15) is 20.9 Å². The molecule has 2 aromatic carbocycles. The standard InChI is InChI=1S/C18H15N3O2S/c1-12-16(20-18(24-12)13-7-3-2-4-8-13)17(23)21-19-11-14-9-5-6-10-15(14)22/h2-11,22H,1H3,(H,21,23)/b19-11-. The molecule has 0 radical (unpaired) electrons. The van der Waals surface area contributed by atoms with E-state index in [1.54, 1.807) is 24.3 Å². The Kier molecular flexibility index (Phi) is 4.67. The van der Waals surface area contributed by atoms with Crippen molar-refractivity contribution in [1.29, 1.82) is 0 Å². The predicted molar refractivity (Wildman–Crippen MR) is 95.5 cm³/mol. The number of hydrogen-bond donors (Lipinski definition) is 2. The average molecular weight is 337 g/mol. The lowest BCUT2D eigenvalue weighted by Gasteiger charge is -1.99. The lowest BCUT2D eigenvalue weighted by Crippen LogP contribution is -2.18. The fourth-order valence-corrected chi connectivity index (χ4v) is 3.04. The minimum atomic E-state index is -0.377. The van der Waals surface area contributed by atoms with Crippen LogP contribution in [-0.4, -0.2) is 22.2 Å². The zero-order valence-electron chi connectivity index (χ0n) is 12.9. The van der Waals surface area contributed by atoms with Crippen molar-refractivity contribution in [2.75, 3.05) is 0 Å². The molecule has 3 rings (SSSR count). The first kappa shape index (κ1) is 15.9. The highest BCUT2D eigenvalue weighted by Crippen LogP contribution is 2.27. The molecule has 0 spiro atoms. The molecule has 1 heterocycles. The van der Waals surface area contributed by atoms with E-state index in [1.165, 1.54) is 17.6 Å². The van der Waals surface area contributed by atoms with Crippen molar-refractivity contribution in [3.05, 3.63) is 70.7 Å². The maximum absolute atomic E-state index is 12.2. The van der Waals surface area contributed by atoms with Crippen molar-refractivity contribution in [3.8, 4) is 16.3 Å². The van der Waals surface area contributed by atoms with Gasteiger partial charge in [0, 0.05) is 16.0 Å². The molecule has 3 aromatic rings. The van der Waals surface area contributed by atoms with Crippen LogP contribution in [0.25, 0.3) is 10.6 Å². The number of para-hydroxylation sites is 1. The molecule has 5 nitrogen and oxygen atoms in total. The van der Waals surface area contributed by atoms with Crippen LogP contribution in [0.3, 0.4) is 0 Å². The molecule has 0 aliphatic heterocycles. The number of thiazole rings is 1. The fourth-order valence-electron chi connectivity index (χ4n) is 2.12. The summed E-state index contributed by atoms with van der Waals surface area (Å²) in [7, 11) is 0. The Morgan fingerprint density at radius 2 is 1.88 bits per heavy atom. The number of phenolic OH excluding ortho intramolecular Hbond substituents is 1. The van der Waals surface area contributed by atoms with Gasteiger partial charge >= 0.3 is 0 Å². The third-order valence-corrected chi connectivity index (χ3v) is 4.36. The SMILES string of the molecule is Cc1sc(-c2ccccc2)nc1C(=O)N/N=C\c1ccccc1O. The number of hydrazone groups is 1. The van der Waals surface area contributed by atoms with E-state index in [0.29, 0.717) is 11.3 Å². The second-order valence-corrected chi connectivity index (χ2v) is 6.25. The van der Waals surface area contributed by atoms with Gasteiger partial charge in [-0.05, 0) is 19.1 Å². The summed E-state index contributed by atoms with van der Waals surface area (Å²) < 4.78 is 0. The second kappa shape index (κ2) is 7.06. The Hall–Kier alpha value is -2.99. The van der Waals surface area contributed by atoms with Crippen molar-refractivity contribution < 1.29 is 9.90 Å². The number of amides is 1. The lowest BCUT2D eigenvalue weighted by molar-refractivity contribution is 0.0950. The quantitative estimate of drug-likeness (QED) is 0.564. The topological polar surface area (TPSA) is 74.6 Å². The Morgan fingerprint density at radius 1 is 1.17 bits per heavy atom. The van der Waals surface area contributed by atoms with Crippen molar-refractivity contribution in [2.45, 2.75) is 6.92 Å². The molecule has 0 bridgehead atoms. The molecule has 2 N–H and O–H groups in total. The summed E-state index contributed by atoms with van der Waals surface area (Å²) in [5, 5.41) is 14.3. The molecule has 6 heteroatoms. The first-order chi connectivity index (χ1) is 11.6. The molecule has 1 aromatic heterocycles. The third kappa shape index (κ3) is 3.49.